The van der Waals surface area contributed by atoms with Gasteiger partial charge in [0.25, 0.3) is 5.69 Å². The zero-order valence-corrected chi connectivity index (χ0v) is 16.2. The summed E-state index contributed by atoms with van der Waals surface area (Å²) in [6.07, 6.45) is 3.87. The van der Waals surface area contributed by atoms with Crippen LogP contribution in [0, 0.1) is 21.4 Å². The third kappa shape index (κ3) is 6.66. The van der Waals surface area contributed by atoms with E-state index in [0.717, 1.165) is 25.7 Å². The first-order valence-corrected chi connectivity index (χ1v) is 9.39. The SMILES string of the molecule is CC(C)(C)C1CCC(OC(=O)CCC(=O)Nc2ccc([N+](=O)[O-])cc2)CC1. The van der Waals surface area contributed by atoms with Crippen molar-refractivity contribution in [3.63, 3.8) is 0 Å². The number of nitrogens with zero attached hydrogens (tertiary/aromatic N) is 1. The number of hydrogen-bond donors (Lipinski definition) is 1. The van der Waals surface area contributed by atoms with Crippen molar-refractivity contribution < 1.29 is 19.2 Å². The lowest BCUT2D eigenvalue weighted by molar-refractivity contribution is -0.384. The molecule has 1 aromatic carbocycles. The molecule has 0 heterocycles. The van der Waals surface area contributed by atoms with Gasteiger partial charge in [0.15, 0.2) is 0 Å². The van der Waals surface area contributed by atoms with E-state index in [-0.39, 0.29) is 41.9 Å². The predicted molar refractivity (Wildman–Crippen MR) is 102 cm³/mol. The predicted octanol–water partition coefficient (Wildman–Crippen LogP) is 4.46. The van der Waals surface area contributed by atoms with E-state index >= 15 is 0 Å². The molecule has 0 spiro atoms. The van der Waals surface area contributed by atoms with Gasteiger partial charge in [-0.05, 0) is 49.1 Å². The number of carbonyl (C=O) groups is 2. The molecule has 7 heteroatoms. The molecule has 0 aliphatic heterocycles. The number of hydrogen-bond acceptors (Lipinski definition) is 5. The fourth-order valence-corrected chi connectivity index (χ4v) is 3.40. The Bertz CT molecular complexity index is 671. The summed E-state index contributed by atoms with van der Waals surface area (Å²) in [5.74, 6) is -0.0229. The molecule has 1 amide bonds. The minimum absolute atomic E-state index is 0.0210. The first-order chi connectivity index (χ1) is 12.6. The molecule has 1 saturated carbocycles. The molecular formula is C20H28N2O5. The second-order valence-corrected chi connectivity index (χ2v) is 8.18. The molecule has 0 unspecified atom stereocenters. The van der Waals surface area contributed by atoms with Gasteiger partial charge in [0.2, 0.25) is 5.91 Å². The molecule has 0 atom stereocenters. The molecule has 0 radical (unpaired) electrons. The lowest BCUT2D eigenvalue weighted by Crippen LogP contribution is -2.30. The second kappa shape index (κ2) is 8.97. The fraction of sp³-hybridized carbons (Fsp3) is 0.600. The Morgan fingerprint density at radius 2 is 1.70 bits per heavy atom. The summed E-state index contributed by atoms with van der Waals surface area (Å²) in [6.45, 7) is 6.73. The van der Waals surface area contributed by atoms with Crippen LogP contribution in [0.1, 0.15) is 59.3 Å². The number of amides is 1. The van der Waals surface area contributed by atoms with Crippen molar-refractivity contribution in [2.24, 2.45) is 11.3 Å². The van der Waals surface area contributed by atoms with Gasteiger partial charge in [-0.3, -0.25) is 19.7 Å². The van der Waals surface area contributed by atoms with Crippen LogP contribution >= 0.6 is 0 Å². The maximum absolute atomic E-state index is 12.0. The third-order valence-electron chi connectivity index (χ3n) is 5.12. The Balaban J connectivity index is 1.69. The van der Waals surface area contributed by atoms with Crippen LogP contribution in [0.15, 0.2) is 24.3 Å². The summed E-state index contributed by atoms with van der Waals surface area (Å²) >= 11 is 0. The van der Waals surface area contributed by atoms with E-state index < -0.39 is 4.92 Å². The van der Waals surface area contributed by atoms with Gasteiger partial charge in [-0.15, -0.1) is 0 Å². The van der Waals surface area contributed by atoms with Crippen LogP contribution in [-0.4, -0.2) is 22.9 Å². The van der Waals surface area contributed by atoms with Gasteiger partial charge in [-0.25, -0.2) is 0 Å². The summed E-state index contributed by atoms with van der Waals surface area (Å²) in [4.78, 5) is 34.0. The summed E-state index contributed by atoms with van der Waals surface area (Å²) in [7, 11) is 0. The summed E-state index contributed by atoms with van der Waals surface area (Å²) in [6, 6.07) is 5.56. The largest absolute Gasteiger partial charge is 0.462 e. The molecule has 1 N–H and O–H groups in total. The topological polar surface area (TPSA) is 98.5 Å². The molecule has 1 aliphatic rings. The number of ether oxygens (including phenoxy) is 1. The third-order valence-corrected chi connectivity index (χ3v) is 5.12. The maximum Gasteiger partial charge on any atom is 0.306 e. The van der Waals surface area contributed by atoms with Crippen LogP contribution in [0.25, 0.3) is 0 Å². The van der Waals surface area contributed by atoms with Crippen LogP contribution in [0.5, 0.6) is 0 Å². The molecular weight excluding hydrogens is 348 g/mol. The van der Waals surface area contributed by atoms with Crippen LogP contribution in [0.3, 0.4) is 0 Å². The number of anilines is 1. The zero-order valence-electron chi connectivity index (χ0n) is 16.2. The van der Waals surface area contributed by atoms with Crippen LogP contribution in [0.4, 0.5) is 11.4 Å². The highest BCUT2D eigenvalue weighted by Crippen LogP contribution is 2.38. The number of carbonyl (C=O) groups excluding carboxylic acids is 2. The van der Waals surface area contributed by atoms with E-state index in [1.54, 1.807) is 0 Å². The highest BCUT2D eigenvalue weighted by molar-refractivity contribution is 5.92. The molecule has 27 heavy (non-hydrogen) atoms. The van der Waals surface area contributed by atoms with Crippen molar-refractivity contribution in [2.45, 2.75) is 65.4 Å². The Hall–Kier alpha value is -2.44. The van der Waals surface area contributed by atoms with Crippen molar-refractivity contribution >= 4 is 23.3 Å². The van der Waals surface area contributed by atoms with E-state index in [1.165, 1.54) is 24.3 Å². The number of nitro benzene ring substituents is 1. The zero-order chi connectivity index (χ0) is 20.0. The Morgan fingerprint density at radius 3 is 2.22 bits per heavy atom. The van der Waals surface area contributed by atoms with E-state index in [0.29, 0.717) is 11.6 Å². The molecule has 1 aliphatic carbocycles. The van der Waals surface area contributed by atoms with Crippen molar-refractivity contribution in [1.29, 1.82) is 0 Å². The molecule has 0 bridgehead atoms. The normalized spacial score (nSPS) is 20.0. The van der Waals surface area contributed by atoms with Crippen molar-refractivity contribution in [3.8, 4) is 0 Å². The average Bonchev–Trinajstić information content (AvgIpc) is 2.60. The van der Waals surface area contributed by atoms with Crippen molar-refractivity contribution in [1.82, 2.24) is 0 Å². The van der Waals surface area contributed by atoms with Crippen LogP contribution in [0.2, 0.25) is 0 Å². The molecule has 148 valence electrons. The summed E-state index contributed by atoms with van der Waals surface area (Å²) < 4.78 is 5.50. The fourth-order valence-electron chi connectivity index (χ4n) is 3.40. The van der Waals surface area contributed by atoms with Crippen molar-refractivity contribution in [3.05, 3.63) is 34.4 Å². The van der Waals surface area contributed by atoms with Gasteiger partial charge in [-0.1, -0.05) is 20.8 Å². The van der Waals surface area contributed by atoms with Gasteiger partial charge in [-0.2, -0.15) is 0 Å². The Labute approximate surface area is 159 Å². The molecule has 7 nitrogen and oxygen atoms in total. The monoisotopic (exact) mass is 376 g/mol. The molecule has 0 aromatic heterocycles. The number of nitro groups is 1. The van der Waals surface area contributed by atoms with E-state index in [4.69, 9.17) is 4.74 Å². The quantitative estimate of drug-likeness (QED) is 0.449. The van der Waals surface area contributed by atoms with Gasteiger partial charge >= 0.3 is 5.97 Å². The average molecular weight is 376 g/mol. The molecule has 1 fully saturated rings. The number of non-ortho nitro benzene ring substituents is 1. The van der Waals surface area contributed by atoms with E-state index in [9.17, 15) is 19.7 Å². The highest BCUT2D eigenvalue weighted by Gasteiger charge is 2.31. The number of nitrogens with one attached hydrogen (secondary N) is 1. The smallest absolute Gasteiger partial charge is 0.306 e. The van der Waals surface area contributed by atoms with Gasteiger partial charge in [0.1, 0.15) is 6.10 Å². The lowest BCUT2D eigenvalue weighted by atomic mass is 9.72. The van der Waals surface area contributed by atoms with Gasteiger partial charge in [0, 0.05) is 24.2 Å². The molecule has 1 aromatic rings. The maximum atomic E-state index is 12.0. The molecule has 0 saturated heterocycles. The number of esters is 1. The lowest BCUT2D eigenvalue weighted by Gasteiger charge is -2.36. The minimum Gasteiger partial charge on any atom is -0.462 e. The molecule has 2 rings (SSSR count). The second-order valence-electron chi connectivity index (χ2n) is 8.18. The van der Waals surface area contributed by atoms with E-state index in [2.05, 4.69) is 26.1 Å². The Morgan fingerprint density at radius 1 is 1.11 bits per heavy atom. The highest BCUT2D eigenvalue weighted by atomic mass is 16.6. The Kier molecular flexibility index (Phi) is 6.93. The van der Waals surface area contributed by atoms with Gasteiger partial charge in [0.05, 0.1) is 11.3 Å². The van der Waals surface area contributed by atoms with Crippen LogP contribution in [-0.2, 0) is 14.3 Å². The number of benzene rings is 1. The van der Waals surface area contributed by atoms with E-state index in [1.807, 2.05) is 0 Å². The first-order valence-electron chi connectivity index (χ1n) is 9.39. The van der Waals surface area contributed by atoms with Crippen molar-refractivity contribution in [2.75, 3.05) is 5.32 Å². The van der Waals surface area contributed by atoms with Crippen LogP contribution < -0.4 is 5.32 Å². The summed E-state index contributed by atoms with van der Waals surface area (Å²) in [5.41, 5.74) is 0.697. The summed E-state index contributed by atoms with van der Waals surface area (Å²) in [5, 5.41) is 13.2. The van der Waals surface area contributed by atoms with Gasteiger partial charge < -0.3 is 10.1 Å². The first kappa shape index (κ1) is 20.9. The minimum atomic E-state index is -0.503. The standard InChI is InChI=1S/C20H28N2O5/c1-20(2,3)14-4-10-17(11-5-14)27-19(24)13-12-18(23)21-15-6-8-16(9-7-15)22(25)26/h6-9,14,17H,4-5,10-13H2,1-3H3,(H,21,23). The number of rotatable bonds is 6.